The lowest BCUT2D eigenvalue weighted by Gasteiger charge is -2.04. The third-order valence-electron chi connectivity index (χ3n) is 5.31. The van der Waals surface area contributed by atoms with Crippen molar-refractivity contribution < 1.29 is 54.9 Å². The summed E-state index contributed by atoms with van der Waals surface area (Å²) < 4.78 is 86.2. The zero-order chi connectivity index (χ0) is 35.4. The summed E-state index contributed by atoms with van der Waals surface area (Å²) in [6, 6.07) is 0. The van der Waals surface area contributed by atoms with Gasteiger partial charge in [0.2, 0.25) is 6.43 Å². The Bertz CT molecular complexity index is 1310. The first-order chi connectivity index (χ1) is 21.6. The molecular weight excluding hydrogens is 630 g/mol. The van der Waals surface area contributed by atoms with E-state index >= 15 is 0 Å². The molecule has 0 bridgehead atoms. The second-order valence-corrected chi connectivity index (χ2v) is 8.83. The van der Waals surface area contributed by atoms with E-state index in [-0.39, 0.29) is 36.7 Å². The van der Waals surface area contributed by atoms with Crippen LogP contribution in [0.15, 0.2) is 18.6 Å². The molecule has 3 aromatic rings. The van der Waals surface area contributed by atoms with E-state index in [9.17, 15) is 40.7 Å². The molecule has 0 aliphatic heterocycles. The number of aryl methyl sites for hydroxylation is 2. The predicted molar refractivity (Wildman–Crippen MR) is 153 cm³/mol. The Morgan fingerprint density at radius 1 is 0.739 bits per heavy atom. The summed E-state index contributed by atoms with van der Waals surface area (Å²) in [5, 5.41) is 13.8. The molecule has 0 fully saturated rings. The summed E-state index contributed by atoms with van der Waals surface area (Å²) in [6.45, 7) is 11.4. The van der Waals surface area contributed by atoms with Gasteiger partial charge in [-0.3, -0.25) is 14.5 Å². The highest BCUT2D eigenvalue weighted by atomic mass is 19.3. The number of halogens is 6. The number of ether oxygens (including phenoxy) is 3. The van der Waals surface area contributed by atoms with Crippen LogP contribution in [0, 0.1) is 20.8 Å². The van der Waals surface area contributed by atoms with Crippen molar-refractivity contribution in [3.05, 3.63) is 52.4 Å². The highest BCUT2D eigenvalue weighted by molar-refractivity contribution is 5.91. The lowest BCUT2D eigenvalue weighted by Crippen LogP contribution is -2.11. The number of aromatic amines is 1. The van der Waals surface area contributed by atoms with Gasteiger partial charge in [0.25, 0.3) is 12.9 Å². The Morgan fingerprint density at radius 3 is 1.63 bits per heavy atom. The summed E-state index contributed by atoms with van der Waals surface area (Å²) in [7, 11) is 0. The van der Waals surface area contributed by atoms with Gasteiger partial charge >= 0.3 is 17.9 Å². The van der Waals surface area contributed by atoms with Crippen LogP contribution in [0.5, 0.6) is 0 Å². The molecule has 3 heterocycles. The molecule has 260 valence electrons. The summed E-state index contributed by atoms with van der Waals surface area (Å²) in [6.07, 6.45) is -3.13. The highest BCUT2D eigenvalue weighted by Crippen LogP contribution is 2.11. The van der Waals surface area contributed by atoms with Crippen LogP contribution in [0.25, 0.3) is 0 Å². The second kappa shape index (κ2) is 22.2. The quantitative estimate of drug-likeness (QED) is 0.152. The average molecular weight is 671 g/mol. The second-order valence-electron chi connectivity index (χ2n) is 8.83. The lowest BCUT2D eigenvalue weighted by atomic mass is 10.3. The van der Waals surface area contributed by atoms with E-state index in [1.165, 1.54) is 25.5 Å². The van der Waals surface area contributed by atoms with Crippen molar-refractivity contribution in [2.45, 2.75) is 87.3 Å². The number of H-pyrrole nitrogens is 1. The summed E-state index contributed by atoms with van der Waals surface area (Å²) in [5.41, 5.74) is 2.51. The zero-order valence-corrected chi connectivity index (χ0v) is 26.7. The van der Waals surface area contributed by atoms with Gasteiger partial charge in [-0.25, -0.2) is 40.7 Å². The fraction of sp³-hybridized carbons (Fsp3) is 0.571. The minimum atomic E-state index is -2.49. The van der Waals surface area contributed by atoms with E-state index in [2.05, 4.69) is 20.4 Å². The molecule has 3 rings (SSSR count). The van der Waals surface area contributed by atoms with Crippen molar-refractivity contribution in [1.29, 1.82) is 0 Å². The molecule has 0 radical (unpaired) electrons. The molecule has 1 N–H and O–H groups in total. The number of alkyl halides is 6. The van der Waals surface area contributed by atoms with Gasteiger partial charge in [0.15, 0.2) is 0 Å². The third-order valence-corrected chi connectivity index (χ3v) is 5.31. The van der Waals surface area contributed by atoms with Crippen LogP contribution in [0.1, 0.15) is 82.3 Å². The molecule has 3 aromatic heterocycles. The molecule has 46 heavy (non-hydrogen) atoms. The summed E-state index contributed by atoms with van der Waals surface area (Å²) in [5.74, 6) is -1.38. The summed E-state index contributed by atoms with van der Waals surface area (Å²) >= 11 is 0. The Hall–Kier alpha value is -4.38. The molecule has 0 amide bonds. The van der Waals surface area contributed by atoms with Crippen LogP contribution in [0.4, 0.5) is 26.3 Å². The minimum absolute atomic E-state index is 0.0278. The van der Waals surface area contributed by atoms with Crippen molar-refractivity contribution >= 4 is 17.9 Å². The molecule has 12 nitrogen and oxygen atoms in total. The number of esters is 3. The number of rotatable bonds is 11. The number of hydrogen-bond acceptors (Lipinski definition) is 9. The molecule has 0 aliphatic carbocycles. The van der Waals surface area contributed by atoms with Gasteiger partial charge < -0.3 is 14.2 Å². The smallest absolute Gasteiger partial charge is 0.341 e. The third kappa shape index (κ3) is 15.6. The van der Waals surface area contributed by atoms with Gasteiger partial charge in [-0.2, -0.15) is 15.3 Å². The van der Waals surface area contributed by atoms with Gasteiger partial charge in [0.05, 0.1) is 43.6 Å². The SMILES string of the molecule is CCC(F)F.CCOC(=O)c1cn(CC(F)F)nc1C.CCOC(=O)c1cn[nH]c1C.CCOC(=O)c1cnn(CC(F)F)c1C. The molecule has 0 unspecified atom stereocenters. The maximum Gasteiger partial charge on any atom is 0.341 e. The number of nitrogens with zero attached hydrogens (tertiary/aromatic N) is 5. The first-order valence-electron chi connectivity index (χ1n) is 14.0. The Labute approximate surface area is 262 Å². The number of carbonyl (C=O) groups is 3. The highest BCUT2D eigenvalue weighted by Gasteiger charge is 2.17. The van der Waals surface area contributed by atoms with Crippen molar-refractivity contribution in [3.8, 4) is 0 Å². The molecule has 0 saturated carbocycles. The average Bonchev–Trinajstić information content (AvgIpc) is 3.67. The normalized spacial score (nSPS) is 10.3. The fourth-order valence-electron chi connectivity index (χ4n) is 3.10. The van der Waals surface area contributed by atoms with Crippen molar-refractivity contribution in [2.24, 2.45) is 0 Å². The van der Waals surface area contributed by atoms with E-state index in [4.69, 9.17) is 14.2 Å². The van der Waals surface area contributed by atoms with Gasteiger partial charge in [0.1, 0.15) is 29.8 Å². The maximum atomic E-state index is 12.1. The Balaban J connectivity index is 0.000000621. The molecule has 0 saturated heterocycles. The first kappa shape index (κ1) is 41.6. The standard InChI is InChI=1S/2C9H12F2N2O2.C7H10N2O2.C3H6F2/c1-3-15-9(14)7-4-13(5-8(10)11)12-6(7)2;1-3-15-9(14)7-4-12-13(6(7)2)5-8(10)11;1-3-11-7(10)6-4-8-9-5(6)2;1-2-3(4)5/h2*4,8H,3,5H2,1-2H3;4H,3H2,1-2H3,(H,8,9);3H,2H2,1H3. The predicted octanol–water partition coefficient (Wildman–Crippen LogP) is 5.82. The van der Waals surface area contributed by atoms with E-state index in [1.807, 2.05) is 0 Å². The number of carbonyl (C=O) groups excluding carboxylic acids is 3. The molecule has 0 aliphatic rings. The molecule has 0 spiro atoms. The van der Waals surface area contributed by atoms with Crippen molar-refractivity contribution in [1.82, 2.24) is 29.8 Å². The van der Waals surface area contributed by atoms with Crippen LogP contribution in [0.2, 0.25) is 0 Å². The van der Waals surface area contributed by atoms with Crippen LogP contribution >= 0.6 is 0 Å². The van der Waals surface area contributed by atoms with Crippen LogP contribution in [0.3, 0.4) is 0 Å². The maximum absolute atomic E-state index is 12.1. The number of hydrogen-bond donors (Lipinski definition) is 1. The van der Waals surface area contributed by atoms with Gasteiger partial charge in [-0.15, -0.1) is 0 Å². The molecule has 0 aromatic carbocycles. The fourth-order valence-corrected chi connectivity index (χ4v) is 3.10. The zero-order valence-electron chi connectivity index (χ0n) is 26.7. The van der Waals surface area contributed by atoms with Crippen LogP contribution in [-0.2, 0) is 27.3 Å². The van der Waals surface area contributed by atoms with Crippen LogP contribution < -0.4 is 0 Å². The van der Waals surface area contributed by atoms with Crippen LogP contribution in [-0.4, -0.2) is 86.8 Å². The van der Waals surface area contributed by atoms with Gasteiger partial charge in [-0.1, -0.05) is 6.92 Å². The Morgan fingerprint density at radius 2 is 1.22 bits per heavy atom. The molecular formula is C28H40F6N6O6. The van der Waals surface area contributed by atoms with E-state index in [0.29, 0.717) is 23.6 Å². The monoisotopic (exact) mass is 670 g/mol. The Kier molecular flexibility index (Phi) is 20.1. The first-order valence-corrected chi connectivity index (χ1v) is 14.0. The number of aromatic nitrogens is 6. The van der Waals surface area contributed by atoms with Gasteiger partial charge in [0, 0.05) is 18.3 Å². The van der Waals surface area contributed by atoms with Gasteiger partial charge in [-0.05, 0) is 41.5 Å². The molecule has 0 atom stereocenters. The van der Waals surface area contributed by atoms with Crippen molar-refractivity contribution in [3.63, 3.8) is 0 Å². The summed E-state index contributed by atoms with van der Waals surface area (Å²) in [4.78, 5) is 33.6. The molecule has 18 heteroatoms. The lowest BCUT2D eigenvalue weighted by molar-refractivity contribution is 0.0515. The van der Waals surface area contributed by atoms with Crippen molar-refractivity contribution in [2.75, 3.05) is 19.8 Å². The van der Waals surface area contributed by atoms with E-state index in [1.54, 1.807) is 41.5 Å². The number of nitrogens with one attached hydrogen (secondary N) is 1. The minimum Gasteiger partial charge on any atom is -0.462 e. The topological polar surface area (TPSA) is 143 Å². The largest absolute Gasteiger partial charge is 0.462 e. The van der Waals surface area contributed by atoms with E-state index < -0.39 is 44.3 Å². The van der Waals surface area contributed by atoms with E-state index in [0.717, 1.165) is 15.1 Å².